The standard InChI is InChI=1S/C11H19N3O5/c1-11(2)9(16)14(10(17)12-11)5-4-8(15)13-19-7-6-18-3/h4-7H2,1-3H3,(H,12,17)(H,13,15). The number of amides is 4. The van der Waals surface area contributed by atoms with Crippen LogP contribution in [0, 0.1) is 0 Å². The van der Waals surface area contributed by atoms with Crippen molar-refractivity contribution in [3.63, 3.8) is 0 Å². The average molecular weight is 273 g/mol. The predicted molar refractivity (Wildman–Crippen MR) is 64.9 cm³/mol. The molecule has 1 aliphatic rings. The number of urea groups is 1. The number of hydrogen-bond donors (Lipinski definition) is 2. The Morgan fingerprint density at radius 1 is 1.37 bits per heavy atom. The van der Waals surface area contributed by atoms with Gasteiger partial charge in [0.2, 0.25) is 5.91 Å². The molecule has 0 aromatic carbocycles. The van der Waals surface area contributed by atoms with Crippen LogP contribution >= 0.6 is 0 Å². The van der Waals surface area contributed by atoms with Gasteiger partial charge in [0.25, 0.3) is 5.91 Å². The van der Waals surface area contributed by atoms with E-state index < -0.39 is 17.5 Å². The second kappa shape index (κ2) is 6.48. The summed E-state index contributed by atoms with van der Waals surface area (Å²) in [6.45, 7) is 3.84. The Hall–Kier alpha value is -1.67. The number of carbonyl (C=O) groups excluding carboxylic acids is 3. The molecule has 1 heterocycles. The first-order valence-electron chi connectivity index (χ1n) is 5.92. The van der Waals surface area contributed by atoms with Gasteiger partial charge in [0, 0.05) is 20.1 Å². The van der Waals surface area contributed by atoms with E-state index in [-0.39, 0.29) is 25.5 Å². The normalized spacial score (nSPS) is 17.5. The van der Waals surface area contributed by atoms with E-state index in [9.17, 15) is 14.4 Å². The first-order valence-corrected chi connectivity index (χ1v) is 5.92. The van der Waals surface area contributed by atoms with Crippen molar-refractivity contribution in [1.82, 2.24) is 15.7 Å². The van der Waals surface area contributed by atoms with Crippen LogP contribution in [-0.2, 0) is 19.2 Å². The number of hydroxylamine groups is 1. The summed E-state index contributed by atoms with van der Waals surface area (Å²) in [7, 11) is 1.52. The minimum Gasteiger partial charge on any atom is -0.382 e. The van der Waals surface area contributed by atoms with Crippen molar-refractivity contribution in [2.45, 2.75) is 25.8 Å². The van der Waals surface area contributed by atoms with Crippen LogP contribution in [0.25, 0.3) is 0 Å². The van der Waals surface area contributed by atoms with Gasteiger partial charge in [-0.25, -0.2) is 10.3 Å². The summed E-state index contributed by atoms with van der Waals surface area (Å²) in [6, 6.07) is -0.483. The van der Waals surface area contributed by atoms with Crippen LogP contribution in [-0.4, -0.2) is 55.2 Å². The summed E-state index contributed by atoms with van der Waals surface area (Å²) in [5.41, 5.74) is 1.29. The largest absolute Gasteiger partial charge is 0.382 e. The molecule has 0 aromatic heterocycles. The Balaban J connectivity index is 2.31. The monoisotopic (exact) mass is 273 g/mol. The van der Waals surface area contributed by atoms with E-state index in [1.54, 1.807) is 13.8 Å². The molecule has 0 radical (unpaired) electrons. The van der Waals surface area contributed by atoms with Gasteiger partial charge in [-0.05, 0) is 13.8 Å². The van der Waals surface area contributed by atoms with Gasteiger partial charge in [0.1, 0.15) is 5.54 Å². The van der Waals surface area contributed by atoms with Crippen molar-refractivity contribution >= 4 is 17.8 Å². The molecule has 0 spiro atoms. The summed E-state index contributed by atoms with van der Waals surface area (Å²) in [6.07, 6.45) is -0.0117. The Morgan fingerprint density at radius 2 is 2.05 bits per heavy atom. The predicted octanol–water partition coefficient (Wildman–Crippen LogP) is -0.599. The van der Waals surface area contributed by atoms with Crippen LogP contribution in [0.2, 0.25) is 0 Å². The van der Waals surface area contributed by atoms with Gasteiger partial charge in [-0.15, -0.1) is 0 Å². The Kier molecular flexibility index (Phi) is 5.25. The maximum absolute atomic E-state index is 11.8. The van der Waals surface area contributed by atoms with Gasteiger partial charge in [-0.2, -0.15) is 0 Å². The summed E-state index contributed by atoms with van der Waals surface area (Å²) < 4.78 is 4.73. The molecule has 1 rings (SSSR count). The fourth-order valence-electron chi connectivity index (χ4n) is 1.54. The molecule has 0 unspecified atom stereocenters. The molecule has 19 heavy (non-hydrogen) atoms. The van der Waals surface area contributed by atoms with E-state index in [4.69, 9.17) is 9.57 Å². The number of ether oxygens (including phenoxy) is 1. The topological polar surface area (TPSA) is 97.0 Å². The molecule has 1 fully saturated rings. The van der Waals surface area contributed by atoms with Crippen LogP contribution in [0.4, 0.5) is 4.79 Å². The zero-order chi connectivity index (χ0) is 14.5. The molecule has 0 bridgehead atoms. The fourth-order valence-corrected chi connectivity index (χ4v) is 1.54. The maximum Gasteiger partial charge on any atom is 0.325 e. The number of carbonyl (C=O) groups is 3. The summed E-state index contributed by atoms with van der Waals surface area (Å²) >= 11 is 0. The number of nitrogens with zero attached hydrogens (tertiary/aromatic N) is 1. The van der Waals surface area contributed by atoms with E-state index in [0.29, 0.717) is 6.61 Å². The molecule has 4 amide bonds. The molecule has 108 valence electrons. The quantitative estimate of drug-likeness (QED) is 0.367. The van der Waals surface area contributed by atoms with E-state index in [1.807, 2.05) is 0 Å². The second-order valence-corrected chi connectivity index (χ2v) is 4.63. The van der Waals surface area contributed by atoms with E-state index >= 15 is 0 Å². The lowest BCUT2D eigenvalue weighted by atomic mass is 10.1. The third-order valence-corrected chi connectivity index (χ3v) is 2.58. The Morgan fingerprint density at radius 3 is 2.58 bits per heavy atom. The minimum atomic E-state index is -0.914. The summed E-state index contributed by atoms with van der Waals surface area (Å²) in [4.78, 5) is 40.6. The van der Waals surface area contributed by atoms with Crippen molar-refractivity contribution in [1.29, 1.82) is 0 Å². The first kappa shape index (κ1) is 15.4. The number of imide groups is 1. The molecule has 2 N–H and O–H groups in total. The molecular formula is C11H19N3O5. The smallest absolute Gasteiger partial charge is 0.325 e. The maximum atomic E-state index is 11.8. The molecule has 1 saturated heterocycles. The van der Waals surface area contributed by atoms with Gasteiger partial charge in [0.15, 0.2) is 0 Å². The highest BCUT2D eigenvalue weighted by Gasteiger charge is 2.43. The van der Waals surface area contributed by atoms with Crippen molar-refractivity contribution in [2.24, 2.45) is 0 Å². The van der Waals surface area contributed by atoms with Gasteiger partial charge in [-0.1, -0.05) is 0 Å². The van der Waals surface area contributed by atoms with Crippen molar-refractivity contribution in [2.75, 3.05) is 26.9 Å². The van der Waals surface area contributed by atoms with Gasteiger partial charge in [-0.3, -0.25) is 19.3 Å². The zero-order valence-corrected chi connectivity index (χ0v) is 11.3. The van der Waals surface area contributed by atoms with Crippen LogP contribution < -0.4 is 10.8 Å². The third kappa shape index (κ3) is 4.18. The van der Waals surface area contributed by atoms with Crippen molar-refractivity contribution < 1.29 is 24.0 Å². The highest BCUT2D eigenvalue weighted by atomic mass is 16.7. The highest BCUT2D eigenvalue weighted by molar-refractivity contribution is 6.06. The Bertz CT molecular complexity index is 369. The van der Waals surface area contributed by atoms with E-state index in [1.165, 1.54) is 7.11 Å². The van der Waals surface area contributed by atoms with Gasteiger partial charge in [0.05, 0.1) is 13.2 Å². The molecule has 0 aromatic rings. The summed E-state index contributed by atoms with van der Waals surface area (Å²) in [5.74, 6) is -0.744. The average Bonchev–Trinajstić information content (AvgIpc) is 2.52. The van der Waals surface area contributed by atoms with E-state index in [0.717, 1.165) is 4.90 Å². The van der Waals surface area contributed by atoms with Crippen LogP contribution in [0.15, 0.2) is 0 Å². The molecule has 1 aliphatic heterocycles. The second-order valence-electron chi connectivity index (χ2n) is 4.63. The molecule has 0 aliphatic carbocycles. The van der Waals surface area contributed by atoms with Gasteiger partial charge < -0.3 is 10.1 Å². The van der Waals surface area contributed by atoms with Crippen LogP contribution in [0.5, 0.6) is 0 Å². The first-order chi connectivity index (χ1) is 8.88. The van der Waals surface area contributed by atoms with Gasteiger partial charge >= 0.3 is 6.03 Å². The lowest BCUT2D eigenvalue weighted by molar-refractivity contribution is -0.135. The fraction of sp³-hybridized carbons (Fsp3) is 0.727. The number of methoxy groups -OCH3 is 1. The third-order valence-electron chi connectivity index (χ3n) is 2.58. The number of rotatable bonds is 7. The van der Waals surface area contributed by atoms with Crippen LogP contribution in [0.3, 0.4) is 0 Å². The minimum absolute atomic E-state index is 0.0117. The summed E-state index contributed by atoms with van der Waals surface area (Å²) in [5, 5.41) is 2.53. The Labute approximate surface area is 111 Å². The SMILES string of the molecule is COCCONC(=O)CCN1C(=O)NC(C)(C)C1=O. The number of hydrogen-bond acceptors (Lipinski definition) is 5. The van der Waals surface area contributed by atoms with Crippen molar-refractivity contribution in [3.8, 4) is 0 Å². The molecule has 0 atom stereocenters. The van der Waals surface area contributed by atoms with Crippen LogP contribution in [0.1, 0.15) is 20.3 Å². The highest BCUT2D eigenvalue weighted by Crippen LogP contribution is 2.16. The molecule has 8 nitrogen and oxygen atoms in total. The molecular weight excluding hydrogens is 254 g/mol. The lowest BCUT2D eigenvalue weighted by Crippen LogP contribution is -2.40. The number of nitrogens with one attached hydrogen (secondary N) is 2. The van der Waals surface area contributed by atoms with Crippen molar-refractivity contribution in [3.05, 3.63) is 0 Å². The lowest BCUT2D eigenvalue weighted by Gasteiger charge is -2.15. The van der Waals surface area contributed by atoms with E-state index in [2.05, 4.69) is 10.8 Å². The molecule has 8 heteroatoms. The zero-order valence-electron chi connectivity index (χ0n) is 11.3. The molecule has 0 saturated carbocycles.